The van der Waals surface area contributed by atoms with Gasteiger partial charge in [0.2, 0.25) is 0 Å². The van der Waals surface area contributed by atoms with Crippen LogP contribution in [0.2, 0.25) is 0 Å². The van der Waals surface area contributed by atoms with E-state index in [-0.39, 0.29) is 17.7 Å². The van der Waals surface area contributed by atoms with Gasteiger partial charge in [0.15, 0.2) is 0 Å². The smallest absolute Gasteiger partial charge is 0.406 e. The number of alkyl halides is 3. The Balaban J connectivity index is 1.44. The van der Waals surface area contributed by atoms with Gasteiger partial charge in [0.05, 0.1) is 17.4 Å². The summed E-state index contributed by atoms with van der Waals surface area (Å²) < 4.78 is 42.0. The number of anilines is 1. The van der Waals surface area contributed by atoms with E-state index in [1.54, 1.807) is 0 Å². The van der Waals surface area contributed by atoms with E-state index < -0.39 is 6.36 Å². The maximum Gasteiger partial charge on any atom is 0.573 e. The monoisotopic (exact) mass is 416 g/mol. The molecule has 4 rings (SSSR count). The second kappa shape index (κ2) is 7.83. The number of aryl methyl sites for hydroxylation is 1. The topological polar surface area (TPSA) is 82.2 Å². The third-order valence-corrected chi connectivity index (χ3v) is 4.91. The van der Waals surface area contributed by atoms with Crippen LogP contribution in [-0.4, -0.2) is 28.1 Å². The fraction of sp³-hybridized carbons (Fsp3) is 0.238. The summed E-state index contributed by atoms with van der Waals surface area (Å²) >= 11 is 0. The van der Waals surface area contributed by atoms with Crippen molar-refractivity contribution in [3.8, 4) is 11.4 Å². The zero-order chi connectivity index (χ0) is 21.3. The standard InChI is InChI=1S/C21H19F3N4O2/c22-21(23,24)30-19-7-5-18(6-8-19)28-12-15(11-26-28)20(29)27-17-4-2-13-9-16(25)3-1-14(13)10-17/h2,4-8,10-12,16H,1,3,9,25H2,(H,27,29). The first kappa shape index (κ1) is 20.0. The number of carbonyl (C=O) groups excluding carboxylic acids is 1. The number of nitrogens with zero attached hydrogens (tertiary/aromatic N) is 2. The molecule has 30 heavy (non-hydrogen) atoms. The summed E-state index contributed by atoms with van der Waals surface area (Å²) in [4.78, 5) is 12.6. The summed E-state index contributed by atoms with van der Waals surface area (Å²) in [6.45, 7) is 0. The third-order valence-electron chi connectivity index (χ3n) is 4.91. The summed E-state index contributed by atoms with van der Waals surface area (Å²) in [6, 6.07) is 11.2. The van der Waals surface area contributed by atoms with Crippen LogP contribution >= 0.6 is 0 Å². The minimum Gasteiger partial charge on any atom is -0.406 e. The van der Waals surface area contributed by atoms with Gasteiger partial charge in [0.1, 0.15) is 5.75 Å². The van der Waals surface area contributed by atoms with Crippen LogP contribution in [0.25, 0.3) is 5.69 Å². The van der Waals surface area contributed by atoms with Crippen LogP contribution in [0.4, 0.5) is 18.9 Å². The Morgan fingerprint density at radius 3 is 2.67 bits per heavy atom. The van der Waals surface area contributed by atoms with Crippen molar-refractivity contribution in [1.82, 2.24) is 9.78 Å². The van der Waals surface area contributed by atoms with Gasteiger partial charge < -0.3 is 15.8 Å². The zero-order valence-corrected chi connectivity index (χ0v) is 15.8. The Kier molecular flexibility index (Phi) is 5.21. The SMILES string of the molecule is NC1CCc2cc(NC(=O)c3cnn(-c4ccc(OC(F)(F)F)cc4)c3)ccc2C1. The number of nitrogens with one attached hydrogen (secondary N) is 1. The molecule has 0 radical (unpaired) electrons. The average Bonchev–Trinajstić information content (AvgIpc) is 3.18. The number of aromatic nitrogens is 2. The molecule has 3 N–H and O–H groups in total. The molecule has 3 aromatic rings. The predicted octanol–water partition coefficient (Wildman–Crippen LogP) is 3.84. The number of halogens is 3. The van der Waals surface area contributed by atoms with E-state index in [0.29, 0.717) is 16.9 Å². The third kappa shape index (κ3) is 4.62. The Labute approximate surface area is 170 Å². The van der Waals surface area contributed by atoms with Crippen molar-refractivity contribution in [1.29, 1.82) is 0 Å². The Bertz CT molecular complexity index is 1060. The van der Waals surface area contributed by atoms with Crippen molar-refractivity contribution < 1.29 is 22.7 Å². The molecule has 156 valence electrons. The molecule has 0 saturated heterocycles. The van der Waals surface area contributed by atoms with Crippen molar-refractivity contribution in [2.75, 3.05) is 5.32 Å². The van der Waals surface area contributed by atoms with Crippen LogP contribution in [0.15, 0.2) is 54.9 Å². The van der Waals surface area contributed by atoms with Gasteiger partial charge in [-0.05, 0) is 66.8 Å². The van der Waals surface area contributed by atoms with Crippen LogP contribution < -0.4 is 15.8 Å². The lowest BCUT2D eigenvalue weighted by molar-refractivity contribution is -0.274. The summed E-state index contributed by atoms with van der Waals surface area (Å²) in [5.74, 6) is -0.657. The Morgan fingerprint density at radius 1 is 1.17 bits per heavy atom. The van der Waals surface area contributed by atoms with Crippen LogP contribution in [0.3, 0.4) is 0 Å². The number of ether oxygens (including phenoxy) is 1. The van der Waals surface area contributed by atoms with E-state index in [1.807, 2.05) is 18.2 Å². The Hall–Kier alpha value is -3.33. The molecule has 1 atom stereocenters. The number of rotatable bonds is 4. The van der Waals surface area contributed by atoms with Crippen molar-refractivity contribution in [3.63, 3.8) is 0 Å². The highest BCUT2D eigenvalue weighted by molar-refractivity contribution is 6.04. The largest absolute Gasteiger partial charge is 0.573 e. The quantitative estimate of drug-likeness (QED) is 0.677. The summed E-state index contributed by atoms with van der Waals surface area (Å²) in [5, 5.41) is 6.96. The Morgan fingerprint density at radius 2 is 1.93 bits per heavy atom. The van der Waals surface area contributed by atoms with Gasteiger partial charge in [-0.2, -0.15) is 5.10 Å². The number of nitrogens with two attached hydrogens (primary N) is 1. The lowest BCUT2D eigenvalue weighted by Crippen LogP contribution is -2.27. The van der Waals surface area contributed by atoms with Gasteiger partial charge in [0.25, 0.3) is 5.91 Å². The molecule has 1 aliphatic carbocycles. The minimum absolute atomic E-state index is 0.179. The van der Waals surface area contributed by atoms with E-state index in [2.05, 4.69) is 15.2 Å². The number of benzene rings is 2. The molecule has 1 aromatic heterocycles. The molecular weight excluding hydrogens is 397 g/mol. The minimum atomic E-state index is -4.75. The molecule has 6 nitrogen and oxygen atoms in total. The van der Waals surface area contributed by atoms with Crippen molar-refractivity contribution >= 4 is 11.6 Å². The highest BCUT2D eigenvalue weighted by Crippen LogP contribution is 2.25. The van der Waals surface area contributed by atoms with Gasteiger partial charge in [-0.3, -0.25) is 4.79 Å². The molecule has 0 spiro atoms. The zero-order valence-electron chi connectivity index (χ0n) is 15.8. The van der Waals surface area contributed by atoms with Gasteiger partial charge in [-0.25, -0.2) is 4.68 Å². The van der Waals surface area contributed by atoms with Gasteiger partial charge >= 0.3 is 6.36 Å². The number of fused-ring (bicyclic) bond motifs is 1. The highest BCUT2D eigenvalue weighted by Gasteiger charge is 2.31. The second-order valence-electron chi connectivity index (χ2n) is 7.16. The molecule has 1 aliphatic rings. The van der Waals surface area contributed by atoms with Crippen LogP contribution in [0.5, 0.6) is 5.75 Å². The maximum absolute atomic E-state index is 12.6. The van der Waals surface area contributed by atoms with Crippen LogP contribution in [-0.2, 0) is 12.8 Å². The van der Waals surface area contributed by atoms with Gasteiger partial charge in [-0.1, -0.05) is 6.07 Å². The fourth-order valence-electron chi connectivity index (χ4n) is 3.45. The summed E-state index contributed by atoms with van der Waals surface area (Å²) in [6.07, 6.45) is 0.791. The lowest BCUT2D eigenvalue weighted by Gasteiger charge is -2.22. The maximum atomic E-state index is 12.6. The molecule has 1 unspecified atom stereocenters. The molecule has 0 saturated carbocycles. The van der Waals surface area contributed by atoms with Gasteiger partial charge in [-0.15, -0.1) is 13.2 Å². The number of hydrogen-bond donors (Lipinski definition) is 2. The molecule has 1 amide bonds. The molecule has 1 heterocycles. The van der Waals surface area contributed by atoms with Crippen LogP contribution in [0.1, 0.15) is 27.9 Å². The van der Waals surface area contributed by atoms with E-state index in [1.165, 1.54) is 52.5 Å². The molecule has 0 aliphatic heterocycles. The number of hydrogen-bond acceptors (Lipinski definition) is 4. The second-order valence-corrected chi connectivity index (χ2v) is 7.16. The van der Waals surface area contributed by atoms with E-state index >= 15 is 0 Å². The summed E-state index contributed by atoms with van der Waals surface area (Å²) in [5.41, 5.74) is 9.90. The average molecular weight is 416 g/mol. The molecular formula is C21H19F3N4O2. The van der Waals surface area contributed by atoms with Crippen molar-refractivity contribution in [2.24, 2.45) is 5.73 Å². The molecule has 0 fully saturated rings. The molecule has 9 heteroatoms. The van der Waals surface area contributed by atoms with E-state index in [4.69, 9.17) is 5.73 Å². The normalized spacial score (nSPS) is 16.1. The van der Waals surface area contributed by atoms with E-state index in [0.717, 1.165) is 19.3 Å². The van der Waals surface area contributed by atoms with E-state index in [9.17, 15) is 18.0 Å². The first-order valence-corrected chi connectivity index (χ1v) is 9.36. The number of carbonyl (C=O) groups is 1. The summed E-state index contributed by atoms with van der Waals surface area (Å²) in [7, 11) is 0. The first-order valence-electron chi connectivity index (χ1n) is 9.36. The lowest BCUT2D eigenvalue weighted by atomic mass is 9.88. The predicted molar refractivity (Wildman–Crippen MR) is 105 cm³/mol. The van der Waals surface area contributed by atoms with Gasteiger partial charge in [0, 0.05) is 17.9 Å². The fourth-order valence-corrected chi connectivity index (χ4v) is 3.45. The van der Waals surface area contributed by atoms with Crippen molar-refractivity contribution in [2.45, 2.75) is 31.7 Å². The van der Waals surface area contributed by atoms with Crippen molar-refractivity contribution in [3.05, 3.63) is 71.5 Å². The van der Waals surface area contributed by atoms with Crippen LogP contribution in [0, 0.1) is 0 Å². The first-order chi connectivity index (χ1) is 14.3. The molecule has 2 aromatic carbocycles. The highest BCUT2D eigenvalue weighted by atomic mass is 19.4. The number of amides is 1. The molecule has 0 bridgehead atoms.